The molecule has 9 heteroatoms. The van der Waals surface area contributed by atoms with Gasteiger partial charge < -0.3 is 10.2 Å². The number of halogens is 4. The molecule has 2 aliphatic rings. The van der Waals surface area contributed by atoms with Crippen LogP contribution in [0.2, 0.25) is 5.02 Å². The average molecular weight is 471 g/mol. The number of nitrogens with one attached hydrogen (secondary N) is 1. The molecule has 5 nitrogen and oxygen atoms in total. The van der Waals surface area contributed by atoms with E-state index in [0.717, 1.165) is 4.90 Å². The van der Waals surface area contributed by atoms with Crippen LogP contribution in [-0.4, -0.2) is 34.2 Å². The van der Waals surface area contributed by atoms with Crippen molar-refractivity contribution >= 4 is 29.2 Å². The van der Waals surface area contributed by atoms with Crippen LogP contribution in [0.5, 0.6) is 0 Å². The number of carbonyl (C=O) groups excluding carboxylic acids is 3. The molecule has 0 saturated heterocycles. The number of rotatable bonds is 3. The molecule has 1 unspecified atom stereocenters. The minimum absolute atomic E-state index is 0.0114. The van der Waals surface area contributed by atoms with E-state index in [-0.39, 0.29) is 30.1 Å². The standard InChI is InChI=1S/C23H26ClF3N2O3/c1-20(2,3)18(31)28-22(23(25,26)27)17-15(10-21(4,5)11-16(17)30)29(19(22)32)12-13-8-6-7-9-14(13)24/h6-9H,10-12H2,1-5H3,(H,28,31). The highest BCUT2D eigenvalue weighted by atomic mass is 35.5. The Balaban J connectivity index is 2.24. The highest BCUT2D eigenvalue weighted by Gasteiger charge is 2.71. The molecule has 1 aromatic rings. The van der Waals surface area contributed by atoms with Crippen LogP contribution in [0.4, 0.5) is 13.2 Å². The smallest absolute Gasteiger partial charge is 0.330 e. The second-order valence-corrected chi connectivity index (χ2v) is 10.6. The first-order chi connectivity index (χ1) is 14.5. The lowest BCUT2D eigenvalue weighted by Crippen LogP contribution is -2.67. The SMILES string of the molecule is CC1(C)CC(=O)C2=C(C1)N(Cc1ccccc1Cl)C(=O)C2(NC(=O)C(C)(C)C)C(F)(F)F. The summed E-state index contributed by atoms with van der Waals surface area (Å²) in [7, 11) is 0. The van der Waals surface area contributed by atoms with Crippen LogP contribution < -0.4 is 5.32 Å². The predicted octanol–water partition coefficient (Wildman–Crippen LogP) is 4.79. The zero-order chi connectivity index (χ0) is 24.3. The third-order valence-corrected chi connectivity index (χ3v) is 6.18. The van der Waals surface area contributed by atoms with Gasteiger partial charge in [-0.2, -0.15) is 13.2 Å². The molecule has 1 aliphatic carbocycles. The number of carbonyl (C=O) groups is 3. The Morgan fingerprint density at radius 1 is 1.12 bits per heavy atom. The van der Waals surface area contributed by atoms with Gasteiger partial charge in [-0.1, -0.05) is 64.4 Å². The molecule has 0 saturated carbocycles. The molecule has 0 fully saturated rings. The lowest BCUT2D eigenvalue weighted by molar-refractivity contribution is -0.195. The highest BCUT2D eigenvalue weighted by Crippen LogP contribution is 2.52. The van der Waals surface area contributed by atoms with Gasteiger partial charge >= 0.3 is 6.18 Å². The van der Waals surface area contributed by atoms with Crippen LogP contribution in [0, 0.1) is 10.8 Å². The number of benzene rings is 1. The maximum atomic E-state index is 14.7. The molecule has 1 aliphatic heterocycles. The second kappa shape index (κ2) is 7.61. The van der Waals surface area contributed by atoms with Crippen molar-refractivity contribution in [3.8, 4) is 0 Å². The van der Waals surface area contributed by atoms with E-state index in [9.17, 15) is 27.6 Å². The van der Waals surface area contributed by atoms with Gasteiger partial charge in [0.15, 0.2) is 5.78 Å². The first-order valence-electron chi connectivity index (χ1n) is 10.2. The van der Waals surface area contributed by atoms with Crippen molar-refractivity contribution < 1.29 is 27.6 Å². The topological polar surface area (TPSA) is 66.5 Å². The molecule has 3 rings (SSSR count). The summed E-state index contributed by atoms with van der Waals surface area (Å²) in [4.78, 5) is 40.3. The van der Waals surface area contributed by atoms with Gasteiger partial charge in [0.05, 0.1) is 12.1 Å². The summed E-state index contributed by atoms with van der Waals surface area (Å²) in [6.07, 6.45) is -5.31. The van der Waals surface area contributed by atoms with Crippen LogP contribution in [0.1, 0.15) is 53.0 Å². The monoisotopic (exact) mass is 470 g/mol. The zero-order valence-corrected chi connectivity index (χ0v) is 19.4. The first-order valence-corrected chi connectivity index (χ1v) is 10.6. The Morgan fingerprint density at radius 2 is 1.72 bits per heavy atom. The van der Waals surface area contributed by atoms with Gasteiger partial charge in [-0.05, 0) is 23.5 Å². The Labute approximate surface area is 190 Å². The number of hydrogen-bond acceptors (Lipinski definition) is 3. The van der Waals surface area contributed by atoms with Crippen molar-refractivity contribution in [2.75, 3.05) is 0 Å². The fraction of sp³-hybridized carbons (Fsp3) is 0.522. The van der Waals surface area contributed by atoms with Crippen LogP contribution in [0.15, 0.2) is 35.5 Å². The molecule has 174 valence electrons. The molecule has 32 heavy (non-hydrogen) atoms. The Hall–Kier alpha value is -2.35. The molecule has 0 radical (unpaired) electrons. The van der Waals surface area contributed by atoms with Crippen molar-refractivity contribution in [2.24, 2.45) is 10.8 Å². The maximum Gasteiger partial charge on any atom is 0.425 e. The molecule has 0 bridgehead atoms. The van der Waals surface area contributed by atoms with Crippen molar-refractivity contribution in [3.05, 3.63) is 46.1 Å². The second-order valence-electron chi connectivity index (χ2n) is 10.2. The van der Waals surface area contributed by atoms with Gasteiger partial charge in [0.1, 0.15) is 0 Å². The third-order valence-electron chi connectivity index (χ3n) is 5.81. The number of allylic oxidation sites excluding steroid dienone is 1. The van der Waals surface area contributed by atoms with E-state index in [1.807, 2.05) is 5.32 Å². The fourth-order valence-corrected chi connectivity index (χ4v) is 4.34. The quantitative estimate of drug-likeness (QED) is 0.690. The van der Waals surface area contributed by atoms with Gasteiger partial charge in [0, 0.05) is 22.6 Å². The van der Waals surface area contributed by atoms with Gasteiger partial charge in [0.25, 0.3) is 5.91 Å². The largest absolute Gasteiger partial charge is 0.425 e. The minimum atomic E-state index is -5.22. The third kappa shape index (κ3) is 3.93. The number of Topliss-reactive ketones (excluding diaryl/α,β-unsaturated/α-hetero) is 1. The summed E-state index contributed by atoms with van der Waals surface area (Å²) in [5.74, 6) is -3.16. The lowest BCUT2D eigenvalue weighted by atomic mass is 9.72. The number of nitrogens with zero attached hydrogens (tertiary/aromatic N) is 1. The Bertz CT molecular complexity index is 1020. The fourth-order valence-electron chi connectivity index (χ4n) is 4.15. The molecular weight excluding hydrogens is 445 g/mol. The summed E-state index contributed by atoms with van der Waals surface area (Å²) in [5.41, 5.74) is -5.55. The summed E-state index contributed by atoms with van der Waals surface area (Å²) >= 11 is 6.20. The molecule has 2 amide bonds. The van der Waals surface area contributed by atoms with Crippen LogP contribution >= 0.6 is 11.6 Å². The Kier molecular flexibility index (Phi) is 5.78. The van der Waals surface area contributed by atoms with E-state index in [1.54, 1.807) is 38.1 Å². The molecular formula is C23H26ClF3N2O3. The van der Waals surface area contributed by atoms with E-state index in [2.05, 4.69) is 0 Å². The molecule has 1 aromatic carbocycles. The van der Waals surface area contributed by atoms with E-state index in [0.29, 0.717) is 5.56 Å². The summed E-state index contributed by atoms with van der Waals surface area (Å²) in [6.45, 7) is 7.59. The Morgan fingerprint density at radius 3 is 2.25 bits per heavy atom. The van der Waals surface area contributed by atoms with Crippen molar-refractivity contribution in [3.63, 3.8) is 0 Å². The summed E-state index contributed by atoms with van der Waals surface area (Å²) in [5, 5.41) is 2.23. The zero-order valence-electron chi connectivity index (χ0n) is 18.6. The van der Waals surface area contributed by atoms with Crippen molar-refractivity contribution in [2.45, 2.75) is 65.7 Å². The van der Waals surface area contributed by atoms with E-state index in [4.69, 9.17) is 11.6 Å². The van der Waals surface area contributed by atoms with E-state index < -0.39 is 45.7 Å². The van der Waals surface area contributed by atoms with E-state index >= 15 is 0 Å². The lowest BCUT2D eigenvalue weighted by Gasteiger charge is -2.37. The van der Waals surface area contributed by atoms with Crippen LogP contribution in [0.3, 0.4) is 0 Å². The van der Waals surface area contributed by atoms with Crippen LogP contribution in [0.25, 0.3) is 0 Å². The van der Waals surface area contributed by atoms with Crippen molar-refractivity contribution in [1.82, 2.24) is 10.2 Å². The highest BCUT2D eigenvalue weighted by molar-refractivity contribution is 6.31. The van der Waals surface area contributed by atoms with Crippen LogP contribution in [-0.2, 0) is 20.9 Å². The molecule has 1 heterocycles. The average Bonchev–Trinajstić information content (AvgIpc) is 2.84. The number of ketones is 1. The minimum Gasteiger partial charge on any atom is -0.330 e. The van der Waals surface area contributed by atoms with Gasteiger partial charge in [-0.3, -0.25) is 14.4 Å². The summed E-state index contributed by atoms with van der Waals surface area (Å²) in [6, 6.07) is 6.50. The number of hydrogen-bond donors (Lipinski definition) is 1. The van der Waals surface area contributed by atoms with E-state index in [1.165, 1.54) is 20.8 Å². The molecule has 1 N–H and O–H groups in total. The molecule has 0 spiro atoms. The summed E-state index contributed by atoms with van der Waals surface area (Å²) < 4.78 is 44.0. The normalized spacial score (nSPS) is 23.5. The first kappa shape index (κ1) is 24.3. The van der Waals surface area contributed by atoms with Crippen molar-refractivity contribution in [1.29, 1.82) is 0 Å². The van der Waals surface area contributed by atoms with Gasteiger partial charge in [0.2, 0.25) is 11.4 Å². The maximum absolute atomic E-state index is 14.7. The van der Waals surface area contributed by atoms with Gasteiger partial charge in [-0.25, -0.2) is 0 Å². The number of alkyl halides is 3. The van der Waals surface area contributed by atoms with Gasteiger partial charge in [-0.15, -0.1) is 0 Å². The molecule has 1 atom stereocenters. The number of amides is 2. The predicted molar refractivity (Wildman–Crippen MR) is 113 cm³/mol. The molecule has 0 aromatic heterocycles.